The third-order valence-electron chi connectivity index (χ3n) is 9.24. The smallest absolute Gasteiger partial charge is 0.136 e. The van der Waals surface area contributed by atoms with E-state index in [2.05, 4.69) is 146 Å². The van der Waals surface area contributed by atoms with Gasteiger partial charge in [0.2, 0.25) is 0 Å². The Morgan fingerprint density at radius 3 is 2.07 bits per heavy atom. The molecule has 46 heavy (non-hydrogen) atoms. The van der Waals surface area contributed by atoms with E-state index in [1.54, 1.807) is 0 Å². The molecule has 10 aromatic rings. The van der Waals surface area contributed by atoms with E-state index in [1.807, 2.05) is 17.4 Å². The molecule has 0 aliphatic carbocycles. The second-order valence-electron chi connectivity index (χ2n) is 11.9. The van der Waals surface area contributed by atoms with Gasteiger partial charge in [-0.3, -0.25) is 0 Å². The lowest BCUT2D eigenvalue weighted by Crippen LogP contribution is -1.93. The van der Waals surface area contributed by atoms with Crippen molar-refractivity contribution in [3.63, 3.8) is 0 Å². The van der Waals surface area contributed by atoms with Crippen LogP contribution in [-0.2, 0) is 0 Å². The zero-order valence-electron chi connectivity index (χ0n) is 24.7. The summed E-state index contributed by atoms with van der Waals surface area (Å²) in [6.07, 6.45) is 0. The predicted molar refractivity (Wildman–Crippen MR) is 196 cm³/mol. The van der Waals surface area contributed by atoms with Gasteiger partial charge in [-0.2, -0.15) is 0 Å². The fourth-order valence-corrected chi connectivity index (χ4v) is 8.48. The Morgan fingerprint density at radius 1 is 0.457 bits per heavy atom. The highest BCUT2D eigenvalue weighted by Gasteiger charge is 2.22. The summed E-state index contributed by atoms with van der Waals surface area (Å²) in [5.74, 6) is 0. The first-order chi connectivity index (χ1) is 22.8. The molecule has 214 valence electrons. The van der Waals surface area contributed by atoms with Crippen molar-refractivity contribution in [3.8, 4) is 33.5 Å². The van der Waals surface area contributed by atoms with Crippen LogP contribution in [0.25, 0.3) is 97.3 Å². The molecular formula is C43H25NOS. The first-order valence-electron chi connectivity index (χ1n) is 15.5. The highest BCUT2D eigenvalue weighted by Crippen LogP contribution is 2.47. The quantitative estimate of drug-likeness (QED) is 0.188. The van der Waals surface area contributed by atoms with E-state index in [0.717, 1.165) is 55.0 Å². The van der Waals surface area contributed by atoms with Crippen molar-refractivity contribution >= 4 is 75.1 Å². The Bertz CT molecular complexity index is 2810. The number of fused-ring (bicyclic) bond motifs is 9. The van der Waals surface area contributed by atoms with E-state index in [-0.39, 0.29) is 0 Å². The van der Waals surface area contributed by atoms with Gasteiger partial charge in [-0.05, 0) is 47.0 Å². The van der Waals surface area contributed by atoms with Crippen LogP contribution in [0, 0.1) is 0 Å². The van der Waals surface area contributed by atoms with E-state index in [9.17, 15) is 0 Å². The molecular weight excluding hydrogens is 579 g/mol. The van der Waals surface area contributed by atoms with Gasteiger partial charge in [0.1, 0.15) is 11.2 Å². The van der Waals surface area contributed by atoms with Gasteiger partial charge in [-0.15, -0.1) is 11.3 Å². The summed E-state index contributed by atoms with van der Waals surface area (Å²) in [5.41, 5.74) is 9.59. The maximum atomic E-state index is 6.61. The molecule has 2 nitrogen and oxygen atoms in total. The largest absolute Gasteiger partial charge is 0.456 e. The first-order valence-corrected chi connectivity index (χ1v) is 16.4. The van der Waals surface area contributed by atoms with Crippen LogP contribution >= 0.6 is 11.3 Å². The summed E-state index contributed by atoms with van der Waals surface area (Å²) >= 11 is 1.87. The molecule has 0 amide bonds. The molecule has 0 aliphatic rings. The van der Waals surface area contributed by atoms with E-state index in [1.165, 1.54) is 42.2 Å². The fraction of sp³-hybridized carbons (Fsp3) is 0. The second-order valence-corrected chi connectivity index (χ2v) is 12.9. The highest BCUT2D eigenvalue weighted by atomic mass is 32.1. The first kappa shape index (κ1) is 25.5. The maximum absolute atomic E-state index is 6.61. The predicted octanol–water partition coefficient (Wildman–Crippen LogP) is 12.7. The zero-order valence-corrected chi connectivity index (χ0v) is 25.5. The number of nitrogens with zero attached hydrogens (tertiary/aromatic N) is 1. The van der Waals surface area contributed by atoms with Gasteiger partial charge in [0, 0.05) is 58.2 Å². The zero-order chi connectivity index (χ0) is 30.2. The number of para-hydroxylation sites is 2. The number of aromatic nitrogens is 1. The fourth-order valence-electron chi connectivity index (χ4n) is 7.24. The minimum atomic E-state index is 0.870. The van der Waals surface area contributed by atoms with Crippen molar-refractivity contribution in [2.75, 3.05) is 0 Å². The third-order valence-corrected chi connectivity index (χ3v) is 10.5. The summed E-state index contributed by atoms with van der Waals surface area (Å²) in [6, 6.07) is 54.1. The average Bonchev–Trinajstić information content (AvgIpc) is 3.69. The van der Waals surface area contributed by atoms with Crippen LogP contribution in [0.3, 0.4) is 0 Å². The summed E-state index contributed by atoms with van der Waals surface area (Å²) < 4.78 is 9.24. The van der Waals surface area contributed by atoms with Gasteiger partial charge in [-0.25, -0.2) is 4.98 Å². The Balaban J connectivity index is 1.35. The van der Waals surface area contributed by atoms with Crippen LogP contribution in [0.1, 0.15) is 0 Å². The summed E-state index contributed by atoms with van der Waals surface area (Å²) in [5, 5.41) is 8.29. The molecule has 0 unspecified atom stereocenters. The van der Waals surface area contributed by atoms with Crippen LogP contribution in [0.4, 0.5) is 0 Å². The molecule has 7 aromatic carbocycles. The molecule has 10 rings (SSSR count). The average molecular weight is 604 g/mol. The van der Waals surface area contributed by atoms with Gasteiger partial charge in [0.05, 0.1) is 11.2 Å². The number of rotatable bonds is 3. The Labute approximate surface area is 268 Å². The standard InChI is InChI=1S/C43H25NOS/c1-2-12-26(13-3-1)42-34-25-37-41(33-18-5-8-22-36(33)45-37)39(40(34)32-17-4-7-21-35(32)44-42)28-15-10-14-27(24-28)29-19-11-20-31-30-16-6-9-23-38(30)46-43(29)31/h1-25H. The SMILES string of the molecule is c1ccc(-c2nc3ccccc3c3c(-c4cccc(-c5cccc6c5sc5ccccc56)c4)c4c(cc23)oc2ccccc24)cc1. The minimum Gasteiger partial charge on any atom is -0.456 e. The Hall–Kier alpha value is -5.77. The van der Waals surface area contributed by atoms with Crippen molar-refractivity contribution in [1.29, 1.82) is 0 Å². The van der Waals surface area contributed by atoms with Crippen LogP contribution in [0.5, 0.6) is 0 Å². The highest BCUT2D eigenvalue weighted by molar-refractivity contribution is 7.26. The van der Waals surface area contributed by atoms with Crippen LogP contribution in [-0.4, -0.2) is 4.98 Å². The van der Waals surface area contributed by atoms with Crippen molar-refractivity contribution in [1.82, 2.24) is 4.98 Å². The van der Waals surface area contributed by atoms with Gasteiger partial charge in [-0.1, -0.05) is 121 Å². The van der Waals surface area contributed by atoms with Gasteiger partial charge in [0.15, 0.2) is 0 Å². The number of furan rings is 1. The van der Waals surface area contributed by atoms with Crippen molar-refractivity contribution in [2.45, 2.75) is 0 Å². The minimum absolute atomic E-state index is 0.870. The summed E-state index contributed by atoms with van der Waals surface area (Å²) in [4.78, 5) is 5.25. The van der Waals surface area contributed by atoms with Crippen LogP contribution in [0.2, 0.25) is 0 Å². The second kappa shape index (κ2) is 9.87. The number of pyridine rings is 1. The molecule has 0 bridgehead atoms. The lowest BCUT2D eigenvalue weighted by atomic mass is 9.88. The molecule has 0 saturated carbocycles. The molecule has 0 atom stereocenters. The molecule has 0 aliphatic heterocycles. The lowest BCUT2D eigenvalue weighted by molar-refractivity contribution is 0.669. The van der Waals surface area contributed by atoms with Gasteiger partial charge in [0.25, 0.3) is 0 Å². The summed E-state index contributed by atoms with van der Waals surface area (Å²) in [7, 11) is 0. The molecule has 3 heterocycles. The Morgan fingerprint density at radius 2 is 1.15 bits per heavy atom. The molecule has 3 aromatic heterocycles. The van der Waals surface area contributed by atoms with Crippen molar-refractivity contribution in [2.24, 2.45) is 0 Å². The number of hydrogen-bond donors (Lipinski definition) is 0. The van der Waals surface area contributed by atoms with E-state index < -0.39 is 0 Å². The number of benzene rings is 7. The van der Waals surface area contributed by atoms with Crippen LogP contribution in [0.15, 0.2) is 156 Å². The lowest BCUT2D eigenvalue weighted by Gasteiger charge is -2.16. The van der Waals surface area contributed by atoms with E-state index >= 15 is 0 Å². The van der Waals surface area contributed by atoms with E-state index in [0.29, 0.717) is 0 Å². The molecule has 0 N–H and O–H groups in total. The number of thiophene rings is 1. The Kier molecular flexibility index (Phi) is 5.48. The number of hydrogen-bond acceptors (Lipinski definition) is 3. The summed E-state index contributed by atoms with van der Waals surface area (Å²) in [6.45, 7) is 0. The van der Waals surface area contributed by atoms with Crippen molar-refractivity contribution < 1.29 is 4.42 Å². The van der Waals surface area contributed by atoms with Crippen molar-refractivity contribution in [3.05, 3.63) is 152 Å². The van der Waals surface area contributed by atoms with E-state index in [4.69, 9.17) is 9.40 Å². The van der Waals surface area contributed by atoms with Crippen LogP contribution < -0.4 is 0 Å². The monoisotopic (exact) mass is 603 g/mol. The molecule has 3 heteroatoms. The molecule has 0 fully saturated rings. The maximum Gasteiger partial charge on any atom is 0.136 e. The van der Waals surface area contributed by atoms with Gasteiger partial charge < -0.3 is 4.42 Å². The molecule has 0 radical (unpaired) electrons. The topological polar surface area (TPSA) is 26.0 Å². The van der Waals surface area contributed by atoms with Gasteiger partial charge >= 0.3 is 0 Å². The molecule has 0 spiro atoms. The third kappa shape index (κ3) is 3.73. The normalized spacial score (nSPS) is 11.9. The molecule has 0 saturated heterocycles.